The fraction of sp³-hybridized carbons (Fsp3) is 0.833. The van der Waals surface area contributed by atoms with Crippen LogP contribution in [0, 0.1) is 23.2 Å². The van der Waals surface area contributed by atoms with Gasteiger partial charge in [-0.2, -0.15) is 0 Å². The second kappa shape index (κ2) is 4.20. The Bertz CT molecular complexity index is 447. The molecule has 4 atom stereocenters. The van der Waals surface area contributed by atoms with Crippen LogP contribution in [0.3, 0.4) is 0 Å². The van der Waals surface area contributed by atoms with Crippen molar-refractivity contribution in [2.24, 2.45) is 23.2 Å². The molecule has 0 bridgehead atoms. The molecule has 0 N–H and O–H groups in total. The van der Waals surface area contributed by atoms with E-state index in [4.69, 9.17) is 0 Å². The lowest BCUT2D eigenvalue weighted by molar-refractivity contribution is -0.123. The minimum atomic E-state index is 0.541. The van der Waals surface area contributed by atoms with Crippen LogP contribution in [0.15, 0.2) is 11.1 Å². The minimum Gasteiger partial charge on any atom is -0.300 e. The lowest BCUT2D eigenvalue weighted by Crippen LogP contribution is -2.39. The summed E-state index contributed by atoms with van der Waals surface area (Å²) in [6.07, 6.45) is 12.7. The number of ketones is 1. The number of Topliss-reactive ketones (excluding diaryl/α,β-unsaturated/α-hetero) is 1. The zero-order valence-electron chi connectivity index (χ0n) is 12.2. The molecular weight excluding hydrogens is 232 g/mol. The zero-order chi connectivity index (χ0) is 13.0. The first-order chi connectivity index (χ1) is 9.17. The molecule has 4 rings (SSSR count). The largest absolute Gasteiger partial charge is 0.300 e. The van der Waals surface area contributed by atoms with E-state index in [9.17, 15) is 4.79 Å². The molecule has 4 aliphatic rings. The highest BCUT2D eigenvalue weighted by Crippen LogP contribution is 2.58. The van der Waals surface area contributed by atoms with Gasteiger partial charge in [-0.3, -0.25) is 4.79 Å². The van der Waals surface area contributed by atoms with Crippen LogP contribution in [0.2, 0.25) is 0 Å². The summed E-state index contributed by atoms with van der Waals surface area (Å²) in [7, 11) is 0. The Morgan fingerprint density at radius 2 is 1.95 bits per heavy atom. The Morgan fingerprint density at radius 3 is 2.84 bits per heavy atom. The topological polar surface area (TPSA) is 17.1 Å². The molecule has 1 nitrogen and oxygen atoms in total. The third-order valence-electron chi connectivity index (χ3n) is 6.88. The van der Waals surface area contributed by atoms with Crippen molar-refractivity contribution in [3.05, 3.63) is 11.1 Å². The number of allylic oxidation sites excluding steroid dienone is 2. The number of fused-ring (bicyclic) bond motifs is 4. The van der Waals surface area contributed by atoms with E-state index in [0.717, 1.165) is 30.6 Å². The Balaban J connectivity index is 1.68. The number of carbonyl (C=O) groups excluding carboxylic acids is 1. The predicted molar refractivity (Wildman–Crippen MR) is 76.8 cm³/mol. The van der Waals surface area contributed by atoms with E-state index >= 15 is 0 Å². The zero-order valence-corrected chi connectivity index (χ0v) is 12.2. The van der Waals surface area contributed by atoms with E-state index in [1.54, 1.807) is 0 Å². The van der Waals surface area contributed by atoms with E-state index in [2.05, 4.69) is 6.92 Å². The highest BCUT2D eigenvalue weighted by molar-refractivity contribution is 5.79. The number of hydrogen-bond donors (Lipinski definition) is 0. The second-order valence-electron chi connectivity index (χ2n) is 7.81. The standard InChI is InChI=1S/C18H26O/c1-18-9-2-3-17(18)16-6-4-12-11-13(19)5-7-14(12)15(16)8-10-18/h12,14-15H,2-11H2,1H3. The first-order valence-electron chi connectivity index (χ1n) is 8.41. The second-order valence-corrected chi connectivity index (χ2v) is 7.81. The van der Waals surface area contributed by atoms with E-state index < -0.39 is 0 Å². The van der Waals surface area contributed by atoms with Gasteiger partial charge in [0.2, 0.25) is 0 Å². The number of hydrogen-bond acceptors (Lipinski definition) is 1. The fourth-order valence-electron chi connectivity index (χ4n) is 5.91. The Labute approximate surface area is 116 Å². The maximum atomic E-state index is 11.7. The number of carbonyl (C=O) groups is 1. The maximum Gasteiger partial charge on any atom is 0.133 e. The van der Waals surface area contributed by atoms with E-state index in [1.165, 1.54) is 51.4 Å². The van der Waals surface area contributed by atoms with Crippen LogP contribution < -0.4 is 0 Å². The molecule has 19 heavy (non-hydrogen) atoms. The van der Waals surface area contributed by atoms with Crippen LogP contribution in [-0.4, -0.2) is 5.78 Å². The van der Waals surface area contributed by atoms with Gasteiger partial charge in [-0.05, 0) is 74.5 Å². The molecule has 4 aliphatic carbocycles. The van der Waals surface area contributed by atoms with Crippen molar-refractivity contribution < 1.29 is 4.79 Å². The Kier molecular flexibility index (Phi) is 2.69. The molecule has 3 fully saturated rings. The van der Waals surface area contributed by atoms with E-state index in [-0.39, 0.29) is 0 Å². The molecule has 0 saturated heterocycles. The van der Waals surface area contributed by atoms with Gasteiger partial charge < -0.3 is 0 Å². The van der Waals surface area contributed by atoms with Gasteiger partial charge >= 0.3 is 0 Å². The van der Waals surface area contributed by atoms with E-state index in [1.807, 2.05) is 11.1 Å². The molecule has 104 valence electrons. The van der Waals surface area contributed by atoms with Crippen LogP contribution in [-0.2, 0) is 4.79 Å². The lowest BCUT2D eigenvalue weighted by Gasteiger charge is -2.48. The van der Waals surface area contributed by atoms with Crippen LogP contribution in [0.5, 0.6) is 0 Å². The summed E-state index contributed by atoms with van der Waals surface area (Å²) in [4.78, 5) is 11.7. The summed E-state index contributed by atoms with van der Waals surface area (Å²) in [5, 5.41) is 0. The average molecular weight is 258 g/mol. The quantitative estimate of drug-likeness (QED) is 0.577. The van der Waals surface area contributed by atoms with Gasteiger partial charge in [0.05, 0.1) is 0 Å². The Morgan fingerprint density at radius 1 is 1.05 bits per heavy atom. The molecule has 0 aromatic carbocycles. The summed E-state index contributed by atoms with van der Waals surface area (Å²) in [6.45, 7) is 2.52. The molecule has 0 radical (unpaired) electrons. The lowest BCUT2D eigenvalue weighted by atomic mass is 9.56. The smallest absolute Gasteiger partial charge is 0.133 e. The van der Waals surface area contributed by atoms with Gasteiger partial charge in [0.1, 0.15) is 5.78 Å². The van der Waals surface area contributed by atoms with Gasteiger partial charge in [0, 0.05) is 12.8 Å². The summed E-state index contributed by atoms with van der Waals surface area (Å²) in [5.74, 6) is 3.01. The highest BCUT2D eigenvalue weighted by Gasteiger charge is 2.47. The van der Waals surface area contributed by atoms with Crippen molar-refractivity contribution in [2.75, 3.05) is 0 Å². The van der Waals surface area contributed by atoms with Crippen molar-refractivity contribution in [2.45, 2.75) is 71.1 Å². The first-order valence-corrected chi connectivity index (χ1v) is 8.41. The number of rotatable bonds is 0. The summed E-state index contributed by atoms with van der Waals surface area (Å²) in [5.41, 5.74) is 4.32. The molecule has 0 aromatic heterocycles. The minimum absolute atomic E-state index is 0.541. The van der Waals surface area contributed by atoms with Gasteiger partial charge in [0.15, 0.2) is 0 Å². The van der Waals surface area contributed by atoms with Gasteiger partial charge in [-0.1, -0.05) is 18.1 Å². The van der Waals surface area contributed by atoms with Crippen LogP contribution in [0.25, 0.3) is 0 Å². The van der Waals surface area contributed by atoms with E-state index in [0.29, 0.717) is 11.2 Å². The fourth-order valence-corrected chi connectivity index (χ4v) is 5.91. The third-order valence-corrected chi connectivity index (χ3v) is 6.88. The highest BCUT2D eigenvalue weighted by atomic mass is 16.1. The average Bonchev–Trinajstić information content (AvgIpc) is 2.79. The van der Waals surface area contributed by atoms with Gasteiger partial charge in [-0.15, -0.1) is 0 Å². The SMILES string of the molecule is CC12CCCC1=C1CCC3CC(=O)CCC3C1CC2. The molecule has 4 unspecified atom stereocenters. The van der Waals surface area contributed by atoms with Gasteiger partial charge in [-0.25, -0.2) is 0 Å². The molecule has 0 amide bonds. The van der Waals surface area contributed by atoms with Crippen molar-refractivity contribution in [3.63, 3.8) is 0 Å². The predicted octanol–water partition coefficient (Wildman–Crippen LogP) is 4.66. The van der Waals surface area contributed by atoms with Crippen LogP contribution in [0.1, 0.15) is 71.1 Å². The molecule has 0 aliphatic heterocycles. The summed E-state index contributed by atoms with van der Waals surface area (Å²) in [6, 6.07) is 0. The molecule has 0 heterocycles. The normalized spacial score (nSPS) is 45.7. The molecule has 0 aromatic rings. The monoisotopic (exact) mass is 258 g/mol. The summed E-state index contributed by atoms with van der Waals surface area (Å²) < 4.78 is 0. The van der Waals surface area contributed by atoms with Crippen molar-refractivity contribution in [3.8, 4) is 0 Å². The van der Waals surface area contributed by atoms with Crippen LogP contribution >= 0.6 is 0 Å². The maximum absolute atomic E-state index is 11.7. The van der Waals surface area contributed by atoms with Crippen molar-refractivity contribution in [1.29, 1.82) is 0 Å². The van der Waals surface area contributed by atoms with Crippen LogP contribution in [0.4, 0.5) is 0 Å². The molecule has 0 spiro atoms. The summed E-state index contributed by atoms with van der Waals surface area (Å²) >= 11 is 0. The Hall–Kier alpha value is -0.590. The molecule has 3 saturated carbocycles. The van der Waals surface area contributed by atoms with Crippen molar-refractivity contribution >= 4 is 5.78 Å². The van der Waals surface area contributed by atoms with Crippen molar-refractivity contribution in [1.82, 2.24) is 0 Å². The first kappa shape index (κ1) is 12.2. The molecular formula is C18H26O. The third kappa shape index (κ3) is 1.76. The van der Waals surface area contributed by atoms with Gasteiger partial charge in [0.25, 0.3) is 0 Å². The molecule has 1 heteroatoms.